The lowest BCUT2D eigenvalue weighted by molar-refractivity contribution is -0.134. The highest BCUT2D eigenvalue weighted by molar-refractivity contribution is 5.92. The van der Waals surface area contributed by atoms with Crippen molar-refractivity contribution in [2.45, 2.75) is 95.4 Å². The first-order valence-electron chi connectivity index (χ1n) is 21.9. The first kappa shape index (κ1) is 42.3. The zero-order chi connectivity index (χ0) is 43.8. The van der Waals surface area contributed by atoms with Gasteiger partial charge >= 0.3 is 6.09 Å². The topological polar surface area (TPSA) is 195 Å². The molecule has 6 heterocycles. The molecule has 0 saturated carbocycles. The van der Waals surface area contributed by atoms with Gasteiger partial charge in [-0.2, -0.15) is 0 Å². The van der Waals surface area contributed by atoms with Gasteiger partial charge in [-0.3, -0.25) is 15.0 Å². The van der Waals surface area contributed by atoms with Crippen molar-refractivity contribution < 1.29 is 34.0 Å². The number of methoxy groups -OCH3 is 2. The number of hydrogen-bond donors (Lipinski definition) is 6. The van der Waals surface area contributed by atoms with Crippen molar-refractivity contribution in [1.29, 1.82) is 0 Å². The zero-order valence-corrected chi connectivity index (χ0v) is 36.0. The molecule has 16 heteroatoms. The molecule has 2 fully saturated rings. The van der Waals surface area contributed by atoms with Gasteiger partial charge in [-0.25, -0.2) is 14.8 Å². The van der Waals surface area contributed by atoms with E-state index in [1.165, 1.54) is 14.2 Å². The number of hydrogen-bond acceptors (Lipinski definition) is 11. The van der Waals surface area contributed by atoms with Gasteiger partial charge in [0.1, 0.15) is 29.7 Å². The first-order chi connectivity index (χ1) is 30.7. The van der Waals surface area contributed by atoms with Crippen LogP contribution in [0, 0.1) is 0 Å². The Bertz CT molecular complexity index is 2570. The van der Waals surface area contributed by atoms with E-state index < -0.39 is 37.0 Å². The van der Waals surface area contributed by atoms with Crippen molar-refractivity contribution in [2.24, 2.45) is 0 Å². The highest BCUT2D eigenvalue weighted by atomic mass is 16.6. The third-order valence-electron chi connectivity index (χ3n) is 12.8. The van der Waals surface area contributed by atoms with E-state index in [2.05, 4.69) is 79.8 Å². The Labute approximate surface area is 365 Å². The summed E-state index contributed by atoms with van der Waals surface area (Å²) in [5, 5.41) is 28.1. The minimum Gasteiger partial charge on any atom is -0.465 e. The van der Waals surface area contributed by atoms with Crippen LogP contribution in [0.2, 0.25) is 0 Å². The zero-order valence-electron chi connectivity index (χ0n) is 36.0. The second kappa shape index (κ2) is 18.0. The summed E-state index contributed by atoms with van der Waals surface area (Å²) in [5.74, 6) is 2.09. The summed E-state index contributed by atoms with van der Waals surface area (Å²) in [7, 11) is 2.70. The third kappa shape index (κ3) is 8.09. The maximum absolute atomic E-state index is 13.6. The van der Waals surface area contributed by atoms with Gasteiger partial charge in [0.15, 0.2) is 0 Å². The normalized spacial score (nSPS) is 20.5. The van der Waals surface area contributed by atoms with Crippen molar-refractivity contribution in [3.05, 3.63) is 102 Å². The summed E-state index contributed by atoms with van der Waals surface area (Å²) in [6, 6.07) is 23.6. The Morgan fingerprint density at radius 1 is 0.873 bits per heavy atom. The Hall–Kier alpha value is -6.04. The van der Waals surface area contributed by atoms with Gasteiger partial charge in [-0.05, 0) is 68.9 Å². The predicted molar refractivity (Wildman–Crippen MR) is 236 cm³/mol. The van der Waals surface area contributed by atoms with Crippen molar-refractivity contribution >= 4 is 22.9 Å². The fourth-order valence-corrected chi connectivity index (χ4v) is 9.53. The molecule has 2 saturated heterocycles. The van der Waals surface area contributed by atoms with E-state index >= 15 is 0 Å². The number of nitrogens with zero attached hydrogens (tertiary/aromatic N) is 5. The van der Waals surface area contributed by atoms with Gasteiger partial charge in [0.25, 0.3) is 0 Å². The number of aliphatic hydroxyl groups excluding tert-OH is 2. The van der Waals surface area contributed by atoms with Crippen LogP contribution < -0.4 is 15.4 Å². The Morgan fingerprint density at radius 2 is 1.57 bits per heavy atom. The van der Waals surface area contributed by atoms with E-state index in [0.717, 1.165) is 87.5 Å². The van der Waals surface area contributed by atoms with Crippen LogP contribution in [-0.2, 0) is 14.3 Å². The van der Waals surface area contributed by atoms with E-state index in [0.29, 0.717) is 31.8 Å². The van der Waals surface area contributed by atoms with Crippen LogP contribution in [0.15, 0.2) is 85.2 Å². The fourth-order valence-electron chi connectivity index (χ4n) is 9.53. The largest absolute Gasteiger partial charge is 0.465 e. The quantitative estimate of drug-likeness (QED) is 0.0649. The summed E-state index contributed by atoms with van der Waals surface area (Å²) < 4.78 is 18.9. The minimum atomic E-state index is -1.17. The Balaban J connectivity index is 0.998. The van der Waals surface area contributed by atoms with E-state index in [1.54, 1.807) is 0 Å². The summed E-state index contributed by atoms with van der Waals surface area (Å²) >= 11 is 0. The van der Waals surface area contributed by atoms with Crippen LogP contribution in [0.4, 0.5) is 4.79 Å². The van der Waals surface area contributed by atoms with Gasteiger partial charge < -0.3 is 49.2 Å². The molecule has 7 atom stereocenters. The van der Waals surface area contributed by atoms with Crippen LogP contribution in [-0.4, -0.2) is 109 Å². The lowest BCUT2D eigenvalue weighted by atomic mass is 10.0. The van der Waals surface area contributed by atoms with Crippen LogP contribution in [0.3, 0.4) is 0 Å². The number of carbonyl (C=O) groups is 2. The molecule has 2 amide bonds. The number of carbonyl (C=O) groups excluding carboxylic acids is 2. The van der Waals surface area contributed by atoms with Gasteiger partial charge in [0, 0.05) is 47.8 Å². The highest BCUT2D eigenvalue weighted by Crippen LogP contribution is 2.46. The number of amides is 2. The fraction of sp³-hybridized carbons (Fsp3) is 0.404. The standard InChI is InChI=1S/C47H55N9O7/c1-5-32(52-46(59)61-3)43(57)54-20-10-14-37(54)41-48-25-34(50-41)28-17-19-36-30(22-28)23-39-31-18-16-29(24-40(31)63-45(56(36)39)27-12-8-7-9-13-27)35-26-49-42(51-35)38-15-11-21-55(38)44(58)33(6-2)53-47(60)62-4/h7-9,12-13,16-19,22-26,32-33,37-38,44-45,47,53,58,60H,5-6,10-11,14-15,20-21H2,1-4H3,(H,48,50)(H,49,51)(H,52,59). The molecule has 9 rings (SSSR count). The number of benzene rings is 3. The highest BCUT2D eigenvalue weighted by Gasteiger charge is 2.38. The molecule has 6 N–H and O–H groups in total. The first-order valence-corrected chi connectivity index (χ1v) is 21.9. The lowest BCUT2D eigenvalue weighted by Gasteiger charge is -2.34. The molecule has 3 aliphatic heterocycles. The number of ether oxygens (including phenoxy) is 3. The molecule has 63 heavy (non-hydrogen) atoms. The number of H-pyrrole nitrogens is 2. The van der Waals surface area contributed by atoms with E-state index in [4.69, 9.17) is 24.2 Å². The summed E-state index contributed by atoms with van der Waals surface area (Å²) in [4.78, 5) is 46.0. The lowest BCUT2D eigenvalue weighted by Crippen LogP contribution is -2.53. The number of alkyl carbamates (subject to hydrolysis) is 1. The maximum Gasteiger partial charge on any atom is 0.407 e. The average Bonchev–Trinajstić information content (AvgIpc) is 4.18. The smallest absolute Gasteiger partial charge is 0.407 e. The molecule has 0 radical (unpaired) electrons. The number of aliphatic hydroxyl groups is 2. The molecule has 3 aliphatic rings. The second-order valence-electron chi connectivity index (χ2n) is 16.5. The molecule has 6 aromatic rings. The van der Waals surface area contributed by atoms with Gasteiger partial charge in [-0.1, -0.05) is 56.3 Å². The van der Waals surface area contributed by atoms with Crippen LogP contribution in [0.5, 0.6) is 5.75 Å². The number of aromatic amines is 2. The van der Waals surface area contributed by atoms with Crippen molar-refractivity contribution in [3.63, 3.8) is 0 Å². The number of nitrogens with one attached hydrogen (secondary N) is 4. The third-order valence-corrected chi connectivity index (χ3v) is 12.8. The molecule has 7 unspecified atom stereocenters. The molecular formula is C47H55N9O7. The number of rotatable bonds is 14. The molecular weight excluding hydrogens is 803 g/mol. The summed E-state index contributed by atoms with van der Waals surface area (Å²) in [6.45, 7) is 5.12. The van der Waals surface area contributed by atoms with Crippen molar-refractivity contribution in [2.75, 3.05) is 27.3 Å². The molecule has 330 valence electrons. The second-order valence-corrected chi connectivity index (χ2v) is 16.5. The Morgan fingerprint density at radius 3 is 2.29 bits per heavy atom. The van der Waals surface area contributed by atoms with Gasteiger partial charge in [-0.15, -0.1) is 0 Å². The predicted octanol–water partition coefficient (Wildman–Crippen LogP) is 6.57. The number of likely N-dealkylation sites (tertiary alicyclic amines) is 2. The van der Waals surface area contributed by atoms with Crippen LogP contribution in [0.25, 0.3) is 44.7 Å². The van der Waals surface area contributed by atoms with Crippen molar-refractivity contribution in [3.8, 4) is 39.5 Å². The van der Waals surface area contributed by atoms with Gasteiger partial charge in [0.05, 0.1) is 60.2 Å². The van der Waals surface area contributed by atoms with E-state index in [1.807, 2.05) is 54.2 Å². The molecule has 3 aromatic heterocycles. The van der Waals surface area contributed by atoms with Gasteiger partial charge in [0.2, 0.25) is 18.5 Å². The van der Waals surface area contributed by atoms with Crippen LogP contribution >= 0.6 is 0 Å². The number of aromatic nitrogens is 5. The molecule has 3 aromatic carbocycles. The molecule has 0 aliphatic carbocycles. The Kier molecular flexibility index (Phi) is 12.1. The van der Waals surface area contributed by atoms with E-state index in [9.17, 15) is 19.8 Å². The minimum absolute atomic E-state index is 0.119. The SMILES string of the molecule is CCC(NC(=O)OC)C(=O)N1CCCC1c1ncc(-c2ccc3c(c2)cc2n3C(c3ccccc3)Oc3cc(-c4cnc(C5CCCN5C(O)C(CC)NC(O)OC)[nH]4)ccc3-2)[nH]1. The molecule has 0 spiro atoms. The van der Waals surface area contributed by atoms with Crippen LogP contribution in [0.1, 0.15) is 87.9 Å². The summed E-state index contributed by atoms with van der Waals surface area (Å²) in [5.41, 5.74) is 7.60. The molecule has 0 bridgehead atoms. The van der Waals surface area contributed by atoms with Crippen molar-refractivity contribution in [1.82, 2.24) is 44.9 Å². The number of imidazole rings is 2. The monoisotopic (exact) mass is 857 g/mol. The molecule has 16 nitrogen and oxygen atoms in total. The number of fused-ring (bicyclic) bond motifs is 5. The van der Waals surface area contributed by atoms with E-state index in [-0.39, 0.29) is 18.0 Å². The average molecular weight is 858 g/mol. The maximum atomic E-state index is 13.6. The summed E-state index contributed by atoms with van der Waals surface area (Å²) in [6.07, 6.45) is 5.00.